The second-order valence-corrected chi connectivity index (χ2v) is 7.78. The number of thiazole rings is 1. The van der Waals surface area contributed by atoms with E-state index in [2.05, 4.69) is 49.7 Å². The zero-order valence-electron chi connectivity index (χ0n) is 13.2. The van der Waals surface area contributed by atoms with Gasteiger partial charge in [0.15, 0.2) is 15.7 Å². The number of carbonyl (C=O) groups excluding carboxylic acids is 1. The Hall–Kier alpha value is -1.85. The Kier molecular flexibility index (Phi) is 5.45. The van der Waals surface area contributed by atoms with Crippen LogP contribution in [-0.4, -0.2) is 25.7 Å². The van der Waals surface area contributed by atoms with Crippen LogP contribution in [0.3, 0.4) is 0 Å². The minimum Gasteiger partial charge on any atom is -0.298 e. The SMILES string of the molecule is C=CCn1c(-c2sc(NC(=O)c3ccc(I)cc3)nc2C)n[nH]c1=S. The fraction of sp³-hybridized carbons (Fsp3) is 0.125. The van der Waals surface area contributed by atoms with Crippen LogP contribution in [-0.2, 0) is 6.54 Å². The quantitative estimate of drug-likeness (QED) is 0.320. The molecule has 0 aliphatic heterocycles. The Morgan fingerprint density at radius 1 is 1.48 bits per heavy atom. The third-order valence-electron chi connectivity index (χ3n) is 3.40. The number of allylic oxidation sites excluding steroid dienone is 1. The number of hydrogen-bond donors (Lipinski definition) is 2. The van der Waals surface area contributed by atoms with Crippen LogP contribution in [0.4, 0.5) is 5.13 Å². The summed E-state index contributed by atoms with van der Waals surface area (Å²) < 4.78 is 3.44. The molecular formula is C16H14IN5OS2. The van der Waals surface area contributed by atoms with Gasteiger partial charge in [-0.3, -0.25) is 19.8 Å². The Bertz CT molecular complexity index is 987. The van der Waals surface area contributed by atoms with E-state index in [4.69, 9.17) is 12.2 Å². The number of nitrogens with zero attached hydrogens (tertiary/aromatic N) is 3. The Morgan fingerprint density at radius 2 is 2.20 bits per heavy atom. The van der Waals surface area contributed by atoms with Crippen molar-refractivity contribution in [3.8, 4) is 10.7 Å². The van der Waals surface area contributed by atoms with Crippen molar-refractivity contribution >= 4 is 57.2 Å². The zero-order chi connectivity index (χ0) is 18.0. The van der Waals surface area contributed by atoms with Crippen LogP contribution in [0.5, 0.6) is 0 Å². The van der Waals surface area contributed by atoms with Crippen LogP contribution in [0.15, 0.2) is 36.9 Å². The van der Waals surface area contributed by atoms with Crippen molar-refractivity contribution < 1.29 is 4.79 Å². The molecule has 0 saturated heterocycles. The molecule has 0 spiro atoms. The van der Waals surface area contributed by atoms with Gasteiger partial charge in [0.25, 0.3) is 5.91 Å². The van der Waals surface area contributed by atoms with Crippen LogP contribution in [0.2, 0.25) is 0 Å². The number of aryl methyl sites for hydroxylation is 1. The molecule has 0 aliphatic rings. The highest BCUT2D eigenvalue weighted by Gasteiger charge is 2.17. The van der Waals surface area contributed by atoms with E-state index >= 15 is 0 Å². The van der Waals surface area contributed by atoms with Crippen molar-refractivity contribution in [2.75, 3.05) is 5.32 Å². The van der Waals surface area contributed by atoms with Crippen molar-refractivity contribution in [2.45, 2.75) is 13.5 Å². The van der Waals surface area contributed by atoms with Gasteiger partial charge in [0, 0.05) is 15.7 Å². The largest absolute Gasteiger partial charge is 0.298 e. The van der Waals surface area contributed by atoms with E-state index in [1.807, 2.05) is 23.6 Å². The fourth-order valence-electron chi connectivity index (χ4n) is 2.22. The van der Waals surface area contributed by atoms with Crippen LogP contribution < -0.4 is 5.32 Å². The molecule has 2 aromatic heterocycles. The minimum atomic E-state index is -0.193. The summed E-state index contributed by atoms with van der Waals surface area (Å²) in [4.78, 5) is 17.6. The predicted molar refractivity (Wildman–Crippen MR) is 111 cm³/mol. The summed E-state index contributed by atoms with van der Waals surface area (Å²) in [7, 11) is 0. The summed E-state index contributed by atoms with van der Waals surface area (Å²) in [6, 6.07) is 7.35. The van der Waals surface area contributed by atoms with Crippen LogP contribution in [0.1, 0.15) is 16.1 Å². The number of H-pyrrole nitrogens is 1. The first-order valence-corrected chi connectivity index (χ1v) is 9.60. The zero-order valence-corrected chi connectivity index (χ0v) is 17.0. The summed E-state index contributed by atoms with van der Waals surface area (Å²) >= 11 is 8.81. The van der Waals surface area contributed by atoms with E-state index in [9.17, 15) is 4.79 Å². The van der Waals surface area contributed by atoms with E-state index in [-0.39, 0.29) is 5.91 Å². The van der Waals surface area contributed by atoms with E-state index < -0.39 is 0 Å². The van der Waals surface area contributed by atoms with E-state index in [0.29, 0.717) is 27.8 Å². The molecule has 1 aromatic carbocycles. The molecular weight excluding hydrogens is 469 g/mol. The van der Waals surface area contributed by atoms with Gasteiger partial charge >= 0.3 is 0 Å². The maximum Gasteiger partial charge on any atom is 0.257 e. The van der Waals surface area contributed by atoms with Gasteiger partial charge in [-0.25, -0.2) is 4.98 Å². The molecule has 3 aromatic rings. The third kappa shape index (κ3) is 3.88. The lowest BCUT2D eigenvalue weighted by molar-refractivity contribution is 0.102. The summed E-state index contributed by atoms with van der Waals surface area (Å²) in [5.41, 5.74) is 1.37. The molecule has 3 rings (SSSR count). The molecule has 1 amide bonds. The maximum atomic E-state index is 12.4. The third-order valence-corrected chi connectivity index (χ3v) is 5.50. The molecule has 0 saturated carbocycles. The summed E-state index contributed by atoms with van der Waals surface area (Å²) in [5, 5.41) is 10.4. The average molecular weight is 483 g/mol. The van der Waals surface area contributed by atoms with Gasteiger partial charge in [0.05, 0.1) is 10.6 Å². The van der Waals surface area contributed by atoms with E-state index in [1.165, 1.54) is 11.3 Å². The Labute approximate surface area is 167 Å². The number of anilines is 1. The lowest BCUT2D eigenvalue weighted by Gasteiger charge is -2.02. The molecule has 0 radical (unpaired) electrons. The number of rotatable bonds is 5. The molecule has 2 heterocycles. The van der Waals surface area contributed by atoms with Crippen molar-refractivity contribution in [3.63, 3.8) is 0 Å². The highest BCUT2D eigenvalue weighted by Crippen LogP contribution is 2.31. The van der Waals surface area contributed by atoms with E-state index in [0.717, 1.165) is 14.1 Å². The molecule has 0 aliphatic carbocycles. The lowest BCUT2D eigenvalue weighted by Crippen LogP contribution is -2.11. The van der Waals surface area contributed by atoms with Crippen molar-refractivity contribution in [1.82, 2.24) is 19.7 Å². The van der Waals surface area contributed by atoms with Crippen molar-refractivity contribution in [3.05, 3.63) is 56.5 Å². The number of benzene rings is 1. The number of halogens is 1. The van der Waals surface area contributed by atoms with Gasteiger partial charge < -0.3 is 0 Å². The minimum absolute atomic E-state index is 0.193. The lowest BCUT2D eigenvalue weighted by atomic mass is 10.2. The van der Waals surface area contributed by atoms with Gasteiger partial charge in [-0.1, -0.05) is 17.4 Å². The normalized spacial score (nSPS) is 10.6. The number of carbonyl (C=O) groups is 1. The smallest absolute Gasteiger partial charge is 0.257 e. The van der Waals surface area contributed by atoms with Crippen LogP contribution in [0, 0.1) is 15.3 Å². The maximum absolute atomic E-state index is 12.4. The van der Waals surface area contributed by atoms with Gasteiger partial charge in [-0.05, 0) is 66.0 Å². The predicted octanol–water partition coefficient (Wildman–Crippen LogP) is 4.42. The van der Waals surface area contributed by atoms with Crippen molar-refractivity contribution in [2.24, 2.45) is 0 Å². The highest BCUT2D eigenvalue weighted by atomic mass is 127. The number of aromatic nitrogens is 4. The molecule has 0 bridgehead atoms. The summed E-state index contributed by atoms with van der Waals surface area (Å²) in [5.74, 6) is 0.497. The van der Waals surface area contributed by atoms with Crippen molar-refractivity contribution in [1.29, 1.82) is 0 Å². The fourth-order valence-corrected chi connectivity index (χ4v) is 3.74. The Balaban J connectivity index is 1.88. The first kappa shape index (κ1) is 18.0. The number of amides is 1. The van der Waals surface area contributed by atoms with Gasteiger partial charge in [-0.2, -0.15) is 5.10 Å². The topological polar surface area (TPSA) is 75.6 Å². The number of nitrogens with one attached hydrogen (secondary N) is 2. The molecule has 0 fully saturated rings. The molecule has 25 heavy (non-hydrogen) atoms. The second-order valence-electron chi connectivity index (χ2n) is 5.15. The van der Waals surface area contributed by atoms with E-state index in [1.54, 1.807) is 18.2 Å². The molecule has 0 unspecified atom stereocenters. The van der Waals surface area contributed by atoms with Crippen LogP contribution >= 0.6 is 46.1 Å². The van der Waals surface area contributed by atoms with Crippen LogP contribution in [0.25, 0.3) is 10.7 Å². The highest BCUT2D eigenvalue weighted by molar-refractivity contribution is 14.1. The molecule has 128 valence electrons. The molecule has 2 N–H and O–H groups in total. The first-order chi connectivity index (χ1) is 12.0. The molecule has 6 nitrogen and oxygen atoms in total. The summed E-state index contributed by atoms with van der Waals surface area (Å²) in [6.45, 7) is 6.16. The molecule has 9 heteroatoms. The number of aromatic amines is 1. The standard InChI is InChI=1S/C16H14IN5OS2/c1-3-8-22-13(20-21-16(22)24)12-9(2)18-15(25-12)19-14(23)10-4-6-11(17)7-5-10/h3-7H,1,8H2,2H3,(H,21,24)(H,18,19,23). The Morgan fingerprint density at radius 3 is 2.88 bits per heavy atom. The average Bonchev–Trinajstić information content (AvgIpc) is 3.11. The monoisotopic (exact) mass is 483 g/mol. The number of hydrogen-bond acceptors (Lipinski definition) is 5. The van der Waals surface area contributed by atoms with Gasteiger partial charge in [-0.15, -0.1) is 6.58 Å². The van der Waals surface area contributed by atoms with Gasteiger partial charge in [0.1, 0.15) is 0 Å². The molecule has 0 atom stereocenters. The summed E-state index contributed by atoms with van der Waals surface area (Å²) in [6.07, 6.45) is 1.75. The van der Waals surface area contributed by atoms with Gasteiger partial charge in [0.2, 0.25) is 0 Å². The first-order valence-electron chi connectivity index (χ1n) is 7.30. The second kappa shape index (κ2) is 7.58.